The molecule has 5 atom stereocenters. The first-order valence-electron chi connectivity index (χ1n) is 7.80. The van der Waals surface area contributed by atoms with Crippen molar-refractivity contribution < 1.29 is 0 Å². The maximum Gasteiger partial charge on any atom is 0.0202 e. The van der Waals surface area contributed by atoms with E-state index in [0.29, 0.717) is 23.2 Å². The van der Waals surface area contributed by atoms with E-state index in [1.807, 2.05) is 7.05 Å². The summed E-state index contributed by atoms with van der Waals surface area (Å²) in [5.74, 6) is 1.73. The van der Waals surface area contributed by atoms with Crippen LogP contribution in [0.5, 0.6) is 0 Å². The highest BCUT2D eigenvalue weighted by molar-refractivity contribution is 4.98. The third kappa shape index (κ3) is 3.91. The summed E-state index contributed by atoms with van der Waals surface area (Å²) in [5.41, 5.74) is 18.6. The van der Waals surface area contributed by atoms with Crippen molar-refractivity contribution >= 4 is 0 Å². The summed E-state index contributed by atoms with van der Waals surface area (Å²) in [6.45, 7) is 7.12. The zero-order chi connectivity index (χ0) is 14.5. The third-order valence-corrected chi connectivity index (χ3v) is 5.29. The van der Waals surface area contributed by atoms with Gasteiger partial charge in [-0.2, -0.15) is 0 Å². The quantitative estimate of drug-likeness (QED) is 0.553. The Kier molecular flexibility index (Phi) is 6.74. The minimum absolute atomic E-state index is 0.184. The number of hydrogen-bond donors (Lipinski definition) is 4. The fraction of sp³-hybridized carbons (Fsp3) is 1.00. The van der Waals surface area contributed by atoms with Gasteiger partial charge in [-0.25, -0.2) is 0 Å². The summed E-state index contributed by atoms with van der Waals surface area (Å²) in [5, 5.41) is 3.23. The molecule has 1 fully saturated rings. The highest BCUT2D eigenvalue weighted by Gasteiger charge is 2.46. The van der Waals surface area contributed by atoms with Gasteiger partial charge in [0.2, 0.25) is 0 Å². The highest BCUT2D eigenvalue weighted by Crippen LogP contribution is 2.50. The van der Waals surface area contributed by atoms with E-state index in [-0.39, 0.29) is 6.04 Å². The fourth-order valence-electron chi connectivity index (χ4n) is 4.18. The number of nitrogens with two attached hydrogens (primary N) is 3. The maximum atomic E-state index is 6.49. The normalized spacial score (nSPS) is 37.3. The van der Waals surface area contributed by atoms with Crippen molar-refractivity contribution in [2.45, 2.75) is 45.6 Å². The van der Waals surface area contributed by atoms with Crippen molar-refractivity contribution in [3.05, 3.63) is 0 Å². The van der Waals surface area contributed by atoms with E-state index in [9.17, 15) is 0 Å². The Bertz CT molecular complexity index is 255. The molecule has 19 heavy (non-hydrogen) atoms. The Morgan fingerprint density at radius 1 is 1.37 bits per heavy atom. The van der Waals surface area contributed by atoms with Crippen molar-refractivity contribution in [1.29, 1.82) is 0 Å². The molecule has 0 bridgehead atoms. The first-order chi connectivity index (χ1) is 9.00. The van der Waals surface area contributed by atoms with Gasteiger partial charge in [0.05, 0.1) is 0 Å². The maximum absolute atomic E-state index is 6.49. The predicted octanol–water partition coefficient (Wildman–Crippen LogP) is 0.899. The van der Waals surface area contributed by atoms with Crippen molar-refractivity contribution in [3.8, 4) is 0 Å². The lowest BCUT2D eigenvalue weighted by Crippen LogP contribution is -2.55. The molecule has 0 aromatic rings. The Morgan fingerprint density at radius 3 is 2.58 bits per heavy atom. The molecule has 0 aromatic carbocycles. The summed E-state index contributed by atoms with van der Waals surface area (Å²) in [6.07, 6.45) is 4.79. The molecular weight excluding hydrogens is 236 g/mol. The zero-order valence-corrected chi connectivity index (χ0v) is 13.0. The van der Waals surface area contributed by atoms with Gasteiger partial charge < -0.3 is 22.5 Å². The summed E-state index contributed by atoms with van der Waals surface area (Å²) >= 11 is 0. The largest absolute Gasteiger partial charge is 0.330 e. The number of likely N-dealkylation sites (N-methyl/N-ethyl adjacent to an activating group) is 1. The molecule has 0 aliphatic heterocycles. The van der Waals surface area contributed by atoms with Crippen LogP contribution in [0.1, 0.15) is 39.5 Å². The van der Waals surface area contributed by atoms with E-state index >= 15 is 0 Å². The minimum atomic E-state index is 0.184. The van der Waals surface area contributed by atoms with E-state index in [0.717, 1.165) is 26.1 Å². The molecule has 7 N–H and O–H groups in total. The van der Waals surface area contributed by atoms with E-state index in [1.54, 1.807) is 0 Å². The van der Waals surface area contributed by atoms with Crippen molar-refractivity contribution in [2.24, 2.45) is 40.4 Å². The van der Waals surface area contributed by atoms with Crippen LogP contribution in [-0.2, 0) is 0 Å². The second kappa shape index (κ2) is 7.58. The summed E-state index contributed by atoms with van der Waals surface area (Å²) in [6, 6.07) is 0.184. The Hall–Kier alpha value is -0.160. The van der Waals surface area contributed by atoms with Crippen LogP contribution in [0.4, 0.5) is 0 Å². The Morgan fingerprint density at radius 2 is 2.05 bits per heavy atom. The van der Waals surface area contributed by atoms with Crippen molar-refractivity contribution in [1.82, 2.24) is 5.32 Å². The van der Waals surface area contributed by atoms with E-state index in [4.69, 9.17) is 17.2 Å². The van der Waals surface area contributed by atoms with Gasteiger partial charge >= 0.3 is 0 Å². The molecule has 5 unspecified atom stereocenters. The summed E-state index contributed by atoms with van der Waals surface area (Å²) in [4.78, 5) is 0. The van der Waals surface area contributed by atoms with E-state index in [1.165, 1.54) is 19.3 Å². The molecule has 1 aliphatic carbocycles. The first-order valence-corrected chi connectivity index (χ1v) is 7.80. The summed E-state index contributed by atoms with van der Waals surface area (Å²) in [7, 11) is 1.97. The molecule has 114 valence electrons. The van der Waals surface area contributed by atoms with Crippen molar-refractivity contribution in [3.63, 3.8) is 0 Å². The Labute approximate surface area is 118 Å². The topological polar surface area (TPSA) is 90.1 Å². The molecule has 0 radical (unpaired) electrons. The van der Waals surface area contributed by atoms with Gasteiger partial charge in [0.15, 0.2) is 0 Å². The number of hydrogen-bond acceptors (Lipinski definition) is 4. The van der Waals surface area contributed by atoms with E-state index < -0.39 is 0 Å². The molecule has 0 aromatic heterocycles. The highest BCUT2D eigenvalue weighted by atomic mass is 14.9. The van der Waals surface area contributed by atoms with E-state index in [2.05, 4.69) is 19.2 Å². The van der Waals surface area contributed by atoms with Crippen LogP contribution >= 0.6 is 0 Å². The van der Waals surface area contributed by atoms with Crippen LogP contribution in [-0.4, -0.2) is 32.7 Å². The fourth-order valence-corrected chi connectivity index (χ4v) is 4.18. The average Bonchev–Trinajstić information content (AvgIpc) is 2.39. The van der Waals surface area contributed by atoms with Gasteiger partial charge in [-0.15, -0.1) is 0 Å². The molecule has 4 nitrogen and oxygen atoms in total. The molecule has 0 amide bonds. The van der Waals surface area contributed by atoms with Crippen LogP contribution in [0.25, 0.3) is 0 Å². The monoisotopic (exact) mass is 270 g/mol. The molecule has 0 spiro atoms. The van der Waals surface area contributed by atoms with Crippen LogP contribution in [0, 0.1) is 23.2 Å². The first kappa shape index (κ1) is 16.9. The average molecular weight is 270 g/mol. The number of nitrogens with one attached hydrogen (secondary N) is 1. The van der Waals surface area contributed by atoms with Gasteiger partial charge in [0, 0.05) is 12.6 Å². The molecule has 0 heterocycles. The van der Waals surface area contributed by atoms with Gasteiger partial charge in [-0.3, -0.25) is 0 Å². The molecule has 1 rings (SSSR count). The van der Waals surface area contributed by atoms with Gasteiger partial charge in [0.25, 0.3) is 0 Å². The number of rotatable bonds is 7. The lowest BCUT2D eigenvalue weighted by atomic mass is 9.55. The van der Waals surface area contributed by atoms with Crippen LogP contribution in [0.2, 0.25) is 0 Å². The molecule has 4 heteroatoms. The smallest absolute Gasteiger partial charge is 0.0202 e. The van der Waals surface area contributed by atoms with Gasteiger partial charge in [-0.1, -0.05) is 13.8 Å². The lowest BCUT2D eigenvalue weighted by molar-refractivity contribution is 0.00105. The van der Waals surface area contributed by atoms with Gasteiger partial charge in [0.1, 0.15) is 0 Å². The van der Waals surface area contributed by atoms with Gasteiger partial charge in [-0.05, 0) is 69.0 Å². The predicted molar refractivity (Wildman–Crippen MR) is 82.7 cm³/mol. The summed E-state index contributed by atoms with van der Waals surface area (Å²) < 4.78 is 0. The standard InChI is InChI=1S/C15H34N4/c1-11-5-7-15(2,6-4-8-16)14(12(11)9-17)13(18)10-19-3/h11-14,19H,4-10,16-18H2,1-3H3. The molecular formula is C15H34N4. The third-order valence-electron chi connectivity index (χ3n) is 5.29. The molecule has 1 aliphatic rings. The van der Waals surface area contributed by atoms with Crippen molar-refractivity contribution in [2.75, 3.05) is 26.7 Å². The zero-order valence-electron chi connectivity index (χ0n) is 13.0. The minimum Gasteiger partial charge on any atom is -0.330 e. The second-order valence-corrected chi connectivity index (χ2v) is 6.71. The van der Waals surface area contributed by atoms with Crippen LogP contribution < -0.4 is 22.5 Å². The second-order valence-electron chi connectivity index (χ2n) is 6.71. The lowest BCUT2D eigenvalue weighted by Gasteiger charge is -2.51. The van der Waals surface area contributed by atoms with Crippen LogP contribution in [0.3, 0.4) is 0 Å². The Balaban J connectivity index is 2.92. The molecule has 1 saturated carbocycles. The molecule has 0 saturated heterocycles. The SMILES string of the molecule is CNCC(N)C1C(CN)C(C)CCC1(C)CCCN. The van der Waals surface area contributed by atoms with Crippen LogP contribution in [0.15, 0.2) is 0 Å².